The van der Waals surface area contributed by atoms with Gasteiger partial charge in [0, 0.05) is 23.9 Å². The van der Waals surface area contributed by atoms with E-state index in [1.165, 1.54) is 10.6 Å². The van der Waals surface area contributed by atoms with Crippen LogP contribution in [0.5, 0.6) is 0 Å². The number of hydrogen-bond donors (Lipinski definition) is 1. The van der Waals surface area contributed by atoms with E-state index in [2.05, 4.69) is 10.1 Å². The minimum Gasteiger partial charge on any atom is -0.326 e. The summed E-state index contributed by atoms with van der Waals surface area (Å²) in [6.45, 7) is 0.283. The lowest BCUT2D eigenvalue weighted by Crippen LogP contribution is -2.04. The Balaban J connectivity index is 2.13. The summed E-state index contributed by atoms with van der Waals surface area (Å²) in [5, 5.41) is 4.20. The van der Waals surface area contributed by atoms with Crippen molar-refractivity contribution in [2.24, 2.45) is 5.73 Å². The Labute approximate surface area is 118 Å². The van der Waals surface area contributed by atoms with Crippen LogP contribution < -0.4 is 5.73 Å². The highest BCUT2D eigenvalue weighted by molar-refractivity contribution is 5.61. The number of nitrogens with zero attached hydrogens (tertiary/aromatic N) is 3. The average molecular weight is 292 g/mol. The molecule has 2 heterocycles. The first-order valence-corrected chi connectivity index (χ1v) is 6.21. The highest BCUT2D eigenvalue weighted by Crippen LogP contribution is 2.31. The Hall–Kier alpha value is -2.41. The molecule has 0 atom stereocenters. The van der Waals surface area contributed by atoms with Gasteiger partial charge in [-0.15, -0.1) is 5.10 Å². The number of nitrogens with two attached hydrogens (primary N) is 1. The van der Waals surface area contributed by atoms with Gasteiger partial charge in [0.05, 0.1) is 5.56 Å². The van der Waals surface area contributed by atoms with Crippen molar-refractivity contribution in [1.29, 1.82) is 0 Å². The van der Waals surface area contributed by atoms with Gasteiger partial charge in [-0.2, -0.15) is 13.2 Å². The van der Waals surface area contributed by atoms with Crippen molar-refractivity contribution in [3.8, 4) is 11.4 Å². The molecule has 0 aliphatic heterocycles. The molecule has 3 rings (SSSR count). The van der Waals surface area contributed by atoms with Crippen LogP contribution in [-0.2, 0) is 12.7 Å². The smallest absolute Gasteiger partial charge is 0.326 e. The Morgan fingerprint density at radius 2 is 1.95 bits per heavy atom. The van der Waals surface area contributed by atoms with Crippen molar-refractivity contribution in [3.63, 3.8) is 0 Å². The Morgan fingerprint density at radius 3 is 2.67 bits per heavy atom. The standard InChI is InChI=1S/C14H11F3N4/c15-14(16,17)11-5-1-3-9(7-11)12-19-13-10(8-18)4-2-6-21(13)20-12/h1-7H,8,18H2. The first kappa shape index (κ1) is 13.6. The van der Waals surface area contributed by atoms with E-state index >= 15 is 0 Å². The van der Waals surface area contributed by atoms with Crippen LogP contribution in [0.15, 0.2) is 42.6 Å². The lowest BCUT2D eigenvalue weighted by Gasteiger charge is -2.06. The average Bonchev–Trinajstić information content (AvgIpc) is 2.90. The minimum atomic E-state index is -4.39. The van der Waals surface area contributed by atoms with E-state index in [9.17, 15) is 13.2 Å². The maximum Gasteiger partial charge on any atom is 0.416 e. The first-order valence-electron chi connectivity index (χ1n) is 6.21. The summed E-state index contributed by atoms with van der Waals surface area (Å²) >= 11 is 0. The third-order valence-corrected chi connectivity index (χ3v) is 3.11. The maximum atomic E-state index is 12.7. The quantitative estimate of drug-likeness (QED) is 0.790. The van der Waals surface area contributed by atoms with Gasteiger partial charge < -0.3 is 5.73 Å². The predicted octanol–water partition coefficient (Wildman–Crippen LogP) is 2.87. The molecule has 21 heavy (non-hydrogen) atoms. The number of benzene rings is 1. The molecule has 0 spiro atoms. The molecule has 1 aromatic carbocycles. The van der Waals surface area contributed by atoms with Gasteiger partial charge in [-0.05, 0) is 18.2 Å². The van der Waals surface area contributed by atoms with Crippen molar-refractivity contribution in [2.45, 2.75) is 12.7 Å². The van der Waals surface area contributed by atoms with Crippen LogP contribution >= 0.6 is 0 Å². The molecule has 0 saturated heterocycles. The summed E-state index contributed by atoms with van der Waals surface area (Å²) < 4.78 is 39.7. The van der Waals surface area contributed by atoms with Crippen LogP contribution in [-0.4, -0.2) is 14.6 Å². The van der Waals surface area contributed by atoms with Crippen LogP contribution in [0.25, 0.3) is 17.0 Å². The number of alkyl halides is 3. The van der Waals surface area contributed by atoms with E-state index in [1.807, 2.05) is 0 Å². The van der Waals surface area contributed by atoms with E-state index in [4.69, 9.17) is 5.73 Å². The maximum absolute atomic E-state index is 12.7. The van der Waals surface area contributed by atoms with Crippen molar-refractivity contribution in [3.05, 3.63) is 53.7 Å². The fourth-order valence-corrected chi connectivity index (χ4v) is 2.08. The molecule has 0 amide bonds. The molecule has 7 heteroatoms. The van der Waals surface area contributed by atoms with Crippen LogP contribution in [0.1, 0.15) is 11.1 Å². The van der Waals surface area contributed by atoms with Gasteiger partial charge in [-0.3, -0.25) is 0 Å². The second-order valence-corrected chi connectivity index (χ2v) is 4.52. The molecule has 0 unspecified atom stereocenters. The van der Waals surface area contributed by atoms with Crippen molar-refractivity contribution in [1.82, 2.24) is 14.6 Å². The second-order valence-electron chi connectivity index (χ2n) is 4.52. The highest BCUT2D eigenvalue weighted by Gasteiger charge is 2.30. The SMILES string of the molecule is NCc1cccn2nc(-c3cccc(C(F)(F)F)c3)nc12. The van der Waals surface area contributed by atoms with Crippen LogP contribution in [0.3, 0.4) is 0 Å². The fourth-order valence-electron chi connectivity index (χ4n) is 2.08. The van der Waals surface area contributed by atoms with E-state index < -0.39 is 11.7 Å². The summed E-state index contributed by atoms with van der Waals surface area (Å²) in [6, 6.07) is 8.51. The zero-order valence-corrected chi connectivity index (χ0v) is 10.8. The van der Waals surface area contributed by atoms with Crippen LogP contribution in [0.2, 0.25) is 0 Å². The molecule has 0 fully saturated rings. The molecule has 0 aliphatic carbocycles. The Bertz CT molecular complexity index is 792. The zero-order valence-electron chi connectivity index (χ0n) is 10.8. The Kier molecular flexibility index (Phi) is 3.13. The molecule has 0 saturated carbocycles. The molecule has 2 N–H and O–H groups in total. The van der Waals surface area contributed by atoms with Crippen LogP contribution in [0, 0.1) is 0 Å². The summed E-state index contributed by atoms with van der Waals surface area (Å²) in [5.41, 5.74) is 6.54. The summed E-state index contributed by atoms with van der Waals surface area (Å²) in [4.78, 5) is 4.28. The normalized spacial score (nSPS) is 12.0. The van der Waals surface area contributed by atoms with Crippen molar-refractivity contribution >= 4 is 5.65 Å². The third-order valence-electron chi connectivity index (χ3n) is 3.11. The number of fused-ring (bicyclic) bond motifs is 1. The van der Waals surface area contributed by atoms with E-state index in [-0.39, 0.29) is 12.4 Å². The largest absolute Gasteiger partial charge is 0.416 e. The van der Waals surface area contributed by atoms with E-state index in [1.54, 1.807) is 24.4 Å². The van der Waals surface area contributed by atoms with Gasteiger partial charge in [-0.1, -0.05) is 18.2 Å². The number of hydrogen-bond acceptors (Lipinski definition) is 3. The summed E-state index contributed by atoms with van der Waals surface area (Å²) in [7, 11) is 0. The van der Waals surface area contributed by atoms with E-state index in [0.29, 0.717) is 11.2 Å². The highest BCUT2D eigenvalue weighted by atomic mass is 19.4. The number of pyridine rings is 1. The van der Waals surface area contributed by atoms with Crippen molar-refractivity contribution < 1.29 is 13.2 Å². The van der Waals surface area contributed by atoms with Gasteiger partial charge >= 0.3 is 6.18 Å². The first-order chi connectivity index (χ1) is 9.99. The number of halogens is 3. The summed E-state index contributed by atoms with van der Waals surface area (Å²) in [6.07, 6.45) is -2.71. The molecule has 2 aromatic heterocycles. The lowest BCUT2D eigenvalue weighted by molar-refractivity contribution is -0.137. The zero-order chi connectivity index (χ0) is 15.0. The molecule has 4 nitrogen and oxygen atoms in total. The Morgan fingerprint density at radius 1 is 1.14 bits per heavy atom. The number of rotatable bonds is 2. The molecule has 108 valence electrons. The molecule has 0 bridgehead atoms. The van der Waals surface area contributed by atoms with Crippen molar-refractivity contribution in [2.75, 3.05) is 0 Å². The molecular formula is C14H11F3N4. The predicted molar refractivity (Wildman–Crippen MR) is 71.3 cm³/mol. The van der Waals surface area contributed by atoms with Crippen LogP contribution in [0.4, 0.5) is 13.2 Å². The molecule has 0 radical (unpaired) electrons. The number of aromatic nitrogens is 3. The van der Waals surface area contributed by atoms with E-state index in [0.717, 1.165) is 17.7 Å². The van der Waals surface area contributed by atoms with Gasteiger partial charge in [-0.25, -0.2) is 9.50 Å². The topological polar surface area (TPSA) is 56.2 Å². The minimum absolute atomic E-state index is 0.238. The van der Waals surface area contributed by atoms with Gasteiger partial charge in [0.2, 0.25) is 0 Å². The second kappa shape index (κ2) is 4.85. The molecule has 3 aromatic rings. The van der Waals surface area contributed by atoms with Gasteiger partial charge in [0.15, 0.2) is 11.5 Å². The van der Waals surface area contributed by atoms with Gasteiger partial charge in [0.1, 0.15) is 0 Å². The monoisotopic (exact) mass is 292 g/mol. The molecular weight excluding hydrogens is 281 g/mol. The lowest BCUT2D eigenvalue weighted by atomic mass is 10.1. The summed E-state index contributed by atoms with van der Waals surface area (Å²) in [5.74, 6) is 0.238. The molecule has 0 aliphatic rings. The third kappa shape index (κ3) is 2.47. The van der Waals surface area contributed by atoms with Gasteiger partial charge in [0.25, 0.3) is 0 Å². The fraction of sp³-hybridized carbons (Fsp3) is 0.143.